The number of rotatable bonds is 6. The fraction of sp³-hybridized carbons (Fsp3) is 0.379. The van der Waals surface area contributed by atoms with Gasteiger partial charge in [-0.05, 0) is 36.8 Å². The summed E-state index contributed by atoms with van der Waals surface area (Å²) < 4.78 is 33.9. The van der Waals surface area contributed by atoms with Gasteiger partial charge in [-0.2, -0.15) is 9.40 Å². The Balaban J connectivity index is 1.31. The maximum Gasteiger partial charge on any atom is 0.211 e. The van der Waals surface area contributed by atoms with Crippen molar-refractivity contribution >= 4 is 32.7 Å². The first kappa shape index (κ1) is 27.0. The maximum absolute atomic E-state index is 12.4. The molecule has 2 aliphatic heterocycles. The highest BCUT2D eigenvalue weighted by Crippen LogP contribution is 2.33. The van der Waals surface area contributed by atoms with Gasteiger partial charge in [0.25, 0.3) is 0 Å². The van der Waals surface area contributed by atoms with Gasteiger partial charge >= 0.3 is 0 Å². The lowest BCUT2D eigenvalue weighted by atomic mass is 10.0. The molecule has 1 N–H and O–H groups in total. The first-order chi connectivity index (χ1) is 19.3. The topological polar surface area (TPSA) is 96.3 Å². The van der Waals surface area contributed by atoms with Gasteiger partial charge < -0.3 is 9.72 Å². The fourth-order valence-electron chi connectivity index (χ4n) is 5.35. The largest absolute Gasteiger partial charge is 0.379 e. The van der Waals surface area contributed by atoms with E-state index >= 15 is 0 Å². The van der Waals surface area contributed by atoms with Crippen LogP contribution in [0.2, 0.25) is 5.02 Å². The Morgan fingerprint density at radius 2 is 1.93 bits per heavy atom. The Morgan fingerprint density at radius 3 is 2.75 bits per heavy atom. The molecule has 1 fully saturated rings. The molecule has 40 heavy (non-hydrogen) atoms. The highest BCUT2D eigenvalue weighted by Gasteiger charge is 2.30. The fourth-order valence-corrected chi connectivity index (χ4v) is 6.30. The molecule has 0 radical (unpaired) electrons. The summed E-state index contributed by atoms with van der Waals surface area (Å²) in [4.78, 5) is 9.81. The van der Waals surface area contributed by atoms with E-state index in [9.17, 15) is 8.42 Å². The van der Waals surface area contributed by atoms with Crippen LogP contribution in [0.3, 0.4) is 0 Å². The standard InChI is InChI=1S/C29H31ClN6O3S/c1-40(37,38)35-12-9-28-24(19-35)29(33-36(28)11-2-10-34-13-15-39-16-14-34)23-6-7-25(30)22(18-23)5-3-21-4-8-26-27(17-21)32-20-31-26/h4,6-8,17-18,20H,2,9-16,19H2,1H3,(H,31,32). The zero-order chi connectivity index (χ0) is 27.7. The average molecular weight is 579 g/mol. The highest BCUT2D eigenvalue weighted by molar-refractivity contribution is 7.88. The van der Waals surface area contributed by atoms with E-state index in [0.29, 0.717) is 30.1 Å². The van der Waals surface area contributed by atoms with Crippen molar-refractivity contribution in [2.45, 2.75) is 25.9 Å². The molecule has 4 aromatic rings. The normalized spacial score (nSPS) is 16.6. The molecular weight excluding hydrogens is 548 g/mol. The van der Waals surface area contributed by atoms with Crippen LogP contribution in [0.25, 0.3) is 22.3 Å². The average Bonchev–Trinajstić information content (AvgIpc) is 3.57. The van der Waals surface area contributed by atoms with Gasteiger partial charge in [0, 0.05) is 73.6 Å². The zero-order valence-electron chi connectivity index (χ0n) is 22.4. The first-order valence-corrected chi connectivity index (χ1v) is 15.7. The molecule has 11 heteroatoms. The Kier molecular flexibility index (Phi) is 7.66. The van der Waals surface area contributed by atoms with Gasteiger partial charge in [0.15, 0.2) is 0 Å². The highest BCUT2D eigenvalue weighted by atomic mass is 35.5. The smallest absolute Gasteiger partial charge is 0.211 e. The van der Waals surface area contributed by atoms with Crippen LogP contribution in [0.4, 0.5) is 0 Å². The summed E-state index contributed by atoms with van der Waals surface area (Å²) >= 11 is 6.55. The number of halogens is 1. The number of fused-ring (bicyclic) bond motifs is 2. The quantitative estimate of drug-likeness (QED) is 0.352. The Labute approximate surface area is 239 Å². The monoisotopic (exact) mass is 578 g/mol. The lowest BCUT2D eigenvalue weighted by Gasteiger charge is -2.27. The van der Waals surface area contributed by atoms with Crippen molar-refractivity contribution < 1.29 is 13.2 Å². The van der Waals surface area contributed by atoms with Gasteiger partial charge in [-0.25, -0.2) is 13.4 Å². The van der Waals surface area contributed by atoms with Gasteiger partial charge in [0.1, 0.15) is 0 Å². The van der Waals surface area contributed by atoms with E-state index in [4.69, 9.17) is 21.4 Å². The van der Waals surface area contributed by atoms with Gasteiger partial charge in [-0.3, -0.25) is 9.58 Å². The Hall–Kier alpha value is -3.20. The number of aromatic amines is 1. The third-order valence-electron chi connectivity index (χ3n) is 7.52. The lowest BCUT2D eigenvalue weighted by molar-refractivity contribution is 0.0368. The number of morpholine rings is 1. The van der Waals surface area contributed by atoms with Crippen LogP contribution in [0.5, 0.6) is 0 Å². The number of benzene rings is 2. The zero-order valence-corrected chi connectivity index (χ0v) is 23.9. The second kappa shape index (κ2) is 11.4. The minimum absolute atomic E-state index is 0.306. The predicted molar refractivity (Wildman–Crippen MR) is 156 cm³/mol. The summed E-state index contributed by atoms with van der Waals surface area (Å²) in [6.45, 7) is 5.98. The third kappa shape index (κ3) is 5.80. The molecule has 0 spiro atoms. The summed E-state index contributed by atoms with van der Waals surface area (Å²) in [7, 11) is -3.33. The van der Waals surface area contributed by atoms with E-state index in [1.165, 1.54) is 10.6 Å². The van der Waals surface area contributed by atoms with Crippen molar-refractivity contribution in [3.8, 4) is 23.1 Å². The summed E-state index contributed by atoms with van der Waals surface area (Å²) in [5, 5.41) is 5.58. The van der Waals surface area contributed by atoms with E-state index in [2.05, 4.69) is 31.4 Å². The van der Waals surface area contributed by atoms with Crippen LogP contribution < -0.4 is 0 Å². The maximum atomic E-state index is 12.4. The molecule has 9 nitrogen and oxygen atoms in total. The first-order valence-electron chi connectivity index (χ1n) is 13.4. The minimum atomic E-state index is -3.33. The van der Waals surface area contributed by atoms with Crippen molar-refractivity contribution in [3.63, 3.8) is 0 Å². The number of hydrogen-bond donors (Lipinski definition) is 1. The molecule has 2 aliphatic rings. The third-order valence-corrected chi connectivity index (χ3v) is 9.10. The number of ether oxygens (including phenoxy) is 1. The van der Waals surface area contributed by atoms with Crippen LogP contribution in [-0.2, 0) is 34.3 Å². The van der Waals surface area contributed by atoms with Crippen molar-refractivity contribution in [1.29, 1.82) is 0 Å². The molecule has 1 saturated heterocycles. The van der Waals surface area contributed by atoms with Crippen molar-refractivity contribution in [3.05, 3.63) is 70.1 Å². The van der Waals surface area contributed by atoms with Crippen molar-refractivity contribution in [2.24, 2.45) is 0 Å². The summed E-state index contributed by atoms with van der Waals surface area (Å²) in [6.07, 6.45) is 4.51. The van der Waals surface area contributed by atoms with Crippen LogP contribution in [-0.4, -0.2) is 83.0 Å². The number of H-pyrrole nitrogens is 1. The number of aryl methyl sites for hydroxylation is 1. The predicted octanol–water partition coefficient (Wildman–Crippen LogP) is 3.52. The summed E-state index contributed by atoms with van der Waals surface area (Å²) in [5.41, 5.74) is 7.05. The SMILES string of the molecule is CS(=O)(=O)N1CCc2c(c(-c3ccc(Cl)c(C#Cc4ccc5[nH]cnc5c4)c3)nn2CCCN2CCOCC2)C1. The molecule has 4 heterocycles. The number of sulfonamides is 1. The lowest BCUT2D eigenvalue weighted by Crippen LogP contribution is -2.37. The van der Waals surface area contributed by atoms with Crippen LogP contribution >= 0.6 is 11.6 Å². The number of hydrogen-bond acceptors (Lipinski definition) is 6. The van der Waals surface area contributed by atoms with Gasteiger partial charge in [0.05, 0.1) is 47.5 Å². The molecule has 2 aromatic heterocycles. The van der Waals surface area contributed by atoms with Crippen molar-refractivity contribution in [1.82, 2.24) is 29.0 Å². The van der Waals surface area contributed by atoms with E-state index in [0.717, 1.165) is 84.9 Å². The van der Waals surface area contributed by atoms with Gasteiger partial charge in [-0.1, -0.05) is 29.5 Å². The molecule has 0 aliphatic carbocycles. The van der Waals surface area contributed by atoms with Crippen LogP contribution in [0.1, 0.15) is 28.8 Å². The summed E-state index contributed by atoms with van der Waals surface area (Å²) in [6, 6.07) is 11.5. The molecule has 2 aromatic carbocycles. The molecular formula is C29H31ClN6O3S. The van der Waals surface area contributed by atoms with E-state index in [1.54, 1.807) is 6.33 Å². The van der Waals surface area contributed by atoms with Crippen LogP contribution in [0.15, 0.2) is 42.7 Å². The number of nitrogens with zero attached hydrogens (tertiary/aromatic N) is 5. The molecule has 0 atom stereocenters. The van der Waals surface area contributed by atoms with Crippen molar-refractivity contribution in [2.75, 3.05) is 45.6 Å². The molecule has 6 rings (SSSR count). The summed E-state index contributed by atoms with van der Waals surface area (Å²) in [5.74, 6) is 6.41. The Bertz CT molecular complexity index is 1710. The van der Waals surface area contributed by atoms with E-state index in [-0.39, 0.29) is 0 Å². The van der Waals surface area contributed by atoms with Gasteiger partial charge in [-0.15, -0.1) is 0 Å². The van der Waals surface area contributed by atoms with E-state index in [1.807, 2.05) is 36.4 Å². The number of imidazole rings is 1. The second-order valence-corrected chi connectivity index (χ2v) is 12.6. The second-order valence-electron chi connectivity index (χ2n) is 10.2. The van der Waals surface area contributed by atoms with E-state index < -0.39 is 10.0 Å². The molecule has 0 saturated carbocycles. The van der Waals surface area contributed by atoms with Crippen LogP contribution in [0, 0.1) is 11.8 Å². The Morgan fingerprint density at radius 1 is 1.07 bits per heavy atom. The van der Waals surface area contributed by atoms with Gasteiger partial charge in [0.2, 0.25) is 10.0 Å². The molecule has 0 amide bonds. The molecule has 0 unspecified atom stereocenters. The molecule has 0 bridgehead atoms. The number of nitrogens with one attached hydrogen (secondary N) is 1. The minimum Gasteiger partial charge on any atom is -0.379 e. The number of aromatic nitrogens is 4. The molecule has 208 valence electrons.